The van der Waals surface area contributed by atoms with Crippen LogP contribution in [-0.2, 0) is 26.7 Å². The molecule has 0 atom stereocenters. The molecular formula is C29H30N2O6S. The molecule has 0 spiro atoms. The number of piperidine rings is 1. The zero-order chi connectivity index (χ0) is 26.3. The molecule has 198 valence electrons. The van der Waals surface area contributed by atoms with Gasteiger partial charge in [-0.2, -0.15) is 4.31 Å². The van der Waals surface area contributed by atoms with E-state index in [4.69, 9.17) is 14.5 Å². The van der Waals surface area contributed by atoms with Gasteiger partial charge in [-0.25, -0.2) is 8.42 Å². The molecule has 2 aromatic carbocycles. The minimum absolute atomic E-state index is 0.0969. The largest absolute Gasteiger partial charge is 0.454 e. The van der Waals surface area contributed by atoms with Gasteiger partial charge in [-0.3, -0.25) is 9.78 Å². The number of carbonyl (C=O) groups is 1. The summed E-state index contributed by atoms with van der Waals surface area (Å²) in [4.78, 5) is 18.4. The van der Waals surface area contributed by atoms with E-state index in [-0.39, 0.29) is 36.4 Å². The zero-order valence-electron chi connectivity index (χ0n) is 21.0. The Morgan fingerprint density at radius 1 is 1.00 bits per heavy atom. The van der Waals surface area contributed by atoms with Crippen LogP contribution < -0.4 is 9.47 Å². The first-order valence-corrected chi connectivity index (χ1v) is 14.4. The second-order valence-electron chi connectivity index (χ2n) is 10.3. The van der Waals surface area contributed by atoms with Crippen LogP contribution in [0, 0.1) is 5.92 Å². The van der Waals surface area contributed by atoms with Crippen molar-refractivity contribution in [1.82, 2.24) is 9.29 Å². The molecule has 2 fully saturated rings. The summed E-state index contributed by atoms with van der Waals surface area (Å²) in [5.74, 6) is 1.69. The topological polar surface area (TPSA) is 106 Å². The molecule has 0 unspecified atom stereocenters. The number of aliphatic hydroxyl groups excluding tert-OH is 1. The van der Waals surface area contributed by atoms with Crippen LogP contribution in [0.15, 0.2) is 65.6 Å². The molecule has 2 aliphatic heterocycles. The smallest absolute Gasteiger partial charge is 0.243 e. The molecule has 0 radical (unpaired) electrons. The molecule has 1 aromatic heterocycles. The van der Waals surface area contributed by atoms with Crippen LogP contribution >= 0.6 is 0 Å². The normalized spacial score (nSPS) is 18.9. The van der Waals surface area contributed by atoms with E-state index in [1.54, 1.807) is 24.3 Å². The average molecular weight is 535 g/mol. The number of hydrogen-bond acceptors (Lipinski definition) is 7. The van der Waals surface area contributed by atoms with Crippen molar-refractivity contribution in [2.75, 3.05) is 26.5 Å². The molecular weight excluding hydrogens is 504 g/mol. The minimum atomic E-state index is -3.59. The van der Waals surface area contributed by atoms with Gasteiger partial charge >= 0.3 is 0 Å². The van der Waals surface area contributed by atoms with Crippen LogP contribution in [0.5, 0.6) is 11.5 Å². The van der Waals surface area contributed by atoms with Crippen LogP contribution in [0.2, 0.25) is 0 Å². The van der Waals surface area contributed by atoms with E-state index in [2.05, 4.69) is 0 Å². The second kappa shape index (κ2) is 9.80. The summed E-state index contributed by atoms with van der Waals surface area (Å²) in [6, 6.07) is 18.1. The number of hydrogen-bond donors (Lipinski definition) is 1. The van der Waals surface area contributed by atoms with Crippen molar-refractivity contribution < 1.29 is 27.8 Å². The van der Waals surface area contributed by atoms with Gasteiger partial charge in [0, 0.05) is 37.4 Å². The number of sulfonamides is 1. The number of Topliss-reactive ketones (excluding diaryl/α,β-unsaturated/α-hetero) is 1. The first-order chi connectivity index (χ1) is 18.4. The molecule has 3 heterocycles. The number of pyridine rings is 1. The SMILES string of the molecule is O=C(Cc1cccc(-c2ccc(S(=O)(=O)N3CCC(CO)CC3)cc2)n1)C1(c2ccc3c(c2)OCO3)CC1. The van der Waals surface area contributed by atoms with Crippen LogP contribution in [0.4, 0.5) is 0 Å². The Bertz CT molecular complexity index is 1460. The average Bonchev–Trinajstić information content (AvgIpc) is 3.64. The number of benzene rings is 2. The molecule has 6 rings (SSSR count). The van der Waals surface area contributed by atoms with Gasteiger partial charge in [-0.05, 0) is 73.6 Å². The fourth-order valence-electron chi connectivity index (χ4n) is 5.40. The molecule has 3 aromatic rings. The Morgan fingerprint density at radius 2 is 1.74 bits per heavy atom. The van der Waals surface area contributed by atoms with E-state index in [1.807, 2.05) is 36.4 Å². The van der Waals surface area contributed by atoms with Crippen molar-refractivity contribution in [2.24, 2.45) is 5.92 Å². The van der Waals surface area contributed by atoms with E-state index in [9.17, 15) is 18.3 Å². The fraction of sp³-hybridized carbons (Fsp3) is 0.379. The van der Waals surface area contributed by atoms with E-state index < -0.39 is 15.4 Å². The number of aliphatic hydroxyl groups is 1. The lowest BCUT2D eigenvalue weighted by atomic mass is 9.88. The van der Waals surface area contributed by atoms with Crippen molar-refractivity contribution in [3.05, 3.63) is 71.9 Å². The van der Waals surface area contributed by atoms with Gasteiger partial charge in [-0.15, -0.1) is 0 Å². The van der Waals surface area contributed by atoms with E-state index in [1.165, 1.54) is 4.31 Å². The zero-order valence-corrected chi connectivity index (χ0v) is 21.8. The Balaban J connectivity index is 1.16. The Kier molecular flexibility index (Phi) is 6.45. The van der Waals surface area contributed by atoms with E-state index in [0.717, 1.165) is 24.0 Å². The summed E-state index contributed by atoms with van der Waals surface area (Å²) in [5, 5.41) is 9.33. The van der Waals surface area contributed by atoms with Gasteiger partial charge in [0.1, 0.15) is 5.78 Å². The maximum Gasteiger partial charge on any atom is 0.243 e. The first-order valence-electron chi connectivity index (χ1n) is 13.0. The van der Waals surface area contributed by atoms with Gasteiger partial charge in [0.25, 0.3) is 0 Å². The summed E-state index contributed by atoms with van der Waals surface area (Å²) in [6.45, 7) is 1.13. The maximum atomic E-state index is 13.4. The highest BCUT2D eigenvalue weighted by Gasteiger charge is 2.51. The Morgan fingerprint density at radius 3 is 2.45 bits per heavy atom. The molecule has 0 bridgehead atoms. The summed E-state index contributed by atoms with van der Waals surface area (Å²) >= 11 is 0. The maximum absolute atomic E-state index is 13.4. The summed E-state index contributed by atoms with van der Waals surface area (Å²) < 4.78 is 38.6. The third-order valence-corrected chi connectivity index (χ3v) is 9.89. The third kappa shape index (κ3) is 4.59. The number of nitrogens with zero attached hydrogens (tertiary/aromatic N) is 2. The molecule has 1 saturated heterocycles. The molecule has 0 amide bonds. The van der Waals surface area contributed by atoms with Crippen LogP contribution in [-0.4, -0.2) is 55.1 Å². The number of rotatable bonds is 8. The van der Waals surface area contributed by atoms with Crippen molar-refractivity contribution in [3.8, 4) is 22.8 Å². The molecule has 3 aliphatic rings. The van der Waals surface area contributed by atoms with Gasteiger partial charge < -0.3 is 14.6 Å². The second-order valence-corrected chi connectivity index (χ2v) is 12.3. The van der Waals surface area contributed by atoms with Gasteiger partial charge in [0.2, 0.25) is 16.8 Å². The van der Waals surface area contributed by atoms with Crippen LogP contribution in [0.3, 0.4) is 0 Å². The predicted molar refractivity (Wildman–Crippen MR) is 140 cm³/mol. The van der Waals surface area contributed by atoms with Crippen molar-refractivity contribution in [3.63, 3.8) is 0 Å². The number of fused-ring (bicyclic) bond motifs is 1. The molecule has 1 saturated carbocycles. The van der Waals surface area contributed by atoms with Crippen molar-refractivity contribution in [2.45, 2.75) is 42.4 Å². The quantitative estimate of drug-likeness (QED) is 0.470. The first kappa shape index (κ1) is 25.0. The molecule has 9 heteroatoms. The van der Waals surface area contributed by atoms with Gasteiger partial charge in [0.15, 0.2) is 11.5 Å². The summed E-state index contributed by atoms with van der Waals surface area (Å²) in [7, 11) is -3.59. The lowest BCUT2D eigenvalue weighted by molar-refractivity contribution is -0.120. The summed E-state index contributed by atoms with van der Waals surface area (Å²) in [5.41, 5.74) is 2.62. The predicted octanol–water partition coefficient (Wildman–Crippen LogP) is 3.71. The van der Waals surface area contributed by atoms with E-state index in [0.29, 0.717) is 48.8 Å². The Labute approximate surface area is 222 Å². The van der Waals surface area contributed by atoms with Gasteiger partial charge in [0.05, 0.1) is 16.0 Å². The van der Waals surface area contributed by atoms with Crippen molar-refractivity contribution in [1.29, 1.82) is 0 Å². The van der Waals surface area contributed by atoms with Crippen LogP contribution in [0.1, 0.15) is 36.9 Å². The Hall–Kier alpha value is -3.27. The number of aromatic nitrogens is 1. The number of carbonyl (C=O) groups excluding carboxylic acids is 1. The molecule has 38 heavy (non-hydrogen) atoms. The third-order valence-electron chi connectivity index (χ3n) is 7.98. The van der Waals surface area contributed by atoms with Crippen molar-refractivity contribution >= 4 is 15.8 Å². The number of ketones is 1. The lowest BCUT2D eigenvalue weighted by Gasteiger charge is -2.30. The standard InChI is InChI=1S/C29H30N2O6S/c32-18-20-10-14-31(15-11-20)38(34,35)24-7-4-21(5-8-24)25-3-1-2-23(30-25)17-28(33)29(12-13-29)22-6-9-26-27(16-22)37-19-36-26/h1-9,16,20,32H,10-15,17-19H2. The molecule has 8 nitrogen and oxygen atoms in total. The highest BCUT2D eigenvalue weighted by molar-refractivity contribution is 7.89. The molecule has 1 aliphatic carbocycles. The monoisotopic (exact) mass is 534 g/mol. The lowest BCUT2D eigenvalue weighted by Crippen LogP contribution is -2.39. The minimum Gasteiger partial charge on any atom is -0.454 e. The number of ether oxygens (including phenoxy) is 2. The van der Waals surface area contributed by atoms with Crippen LogP contribution in [0.25, 0.3) is 11.3 Å². The summed E-state index contributed by atoms with van der Waals surface area (Å²) in [6.07, 6.45) is 3.16. The highest BCUT2D eigenvalue weighted by Crippen LogP contribution is 2.51. The fourth-order valence-corrected chi connectivity index (χ4v) is 6.87. The van der Waals surface area contributed by atoms with Gasteiger partial charge in [-0.1, -0.05) is 24.3 Å². The highest BCUT2D eigenvalue weighted by atomic mass is 32.2. The van der Waals surface area contributed by atoms with E-state index >= 15 is 0 Å². The molecule has 1 N–H and O–H groups in total.